The molecule has 96 valence electrons. The van der Waals surface area contributed by atoms with E-state index >= 15 is 0 Å². The molecule has 0 bridgehead atoms. The quantitative estimate of drug-likeness (QED) is 0.782. The molecule has 2 N–H and O–H groups in total. The summed E-state index contributed by atoms with van der Waals surface area (Å²) in [6.45, 7) is 0.248. The second-order valence-electron chi connectivity index (χ2n) is 3.34. The van der Waals surface area contributed by atoms with Crippen LogP contribution in [0.15, 0.2) is 12.1 Å². The number of hydrogen-bond acceptors (Lipinski definition) is 4. The van der Waals surface area contributed by atoms with Gasteiger partial charge in [0.15, 0.2) is 11.5 Å². The molecule has 0 aliphatic rings. The molecule has 0 saturated carbocycles. The molecular weight excluding hydrogens is 232 g/mol. The van der Waals surface area contributed by atoms with Crippen LogP contribution < -0.4 is 15.4 Å². The third-order valence-electron chi connectivity index (χ3n) is 2.31. The SMILES string of the molecule is COc1cc(CCON)cc(C(F)F)c1OC. The number of methoxy groups -OCH3 is 2. The predicted octanol–water partition coefficient (Wildman–Crippen LogP) is 2.07. The number of rotatable bonds is 6. The number of ether oxygens (including phenoxy) is 2. The van der Waals surface area contributed by atoms with Crippen molar-refractivity contribution in [2.24, 2.45) is 5.90 Å². The van der Waals surface area contributed by atoms with Gasteiger partial charge < -0.3 is 14.3 Å². The summed E-state index contributed by atoms with van der Waals surface area (Å²) in [5.74, 6) is 5.23. The Morgan fingerprint density at radius 1 is 1.24 bits per heavy atom. The van der Waals surface area contributed by atoms with Crippen LogP contribution in [0.25, 0.3) is 0 Å². The van der Waals surface area contributed by atoms with Gasteiger partial charge in [0.05, 0.1) is 26.4 Å². The van der Waals surface area contributed by atoms with Crippen molar-refractivity contribution in [2.75, 3.05) is 20.8 Å². The van der Waals surface area contributed by atoms with Gasteiger partial charge >= 0.3 is 0 Å². The van der Waals surface area contributed by atoms with Gasteiger partial charge in [-0.25, -0.2) is 14.7 Å². The van der Waals surface area contributed by atoms with E-state index in [1.54, 1.807) is 6.07 Å². The Morgan fingerprint density at radius 3 is 2.41 bits per heavy atom. The lowest BCUT2D eigenvalue weighted by molar-refractivity contribution is 0.139. The summed E-state index contributed by atoms with van der Waals surface area (Å²) in [6.07, 6.45) is -2.20. The highest BCUT2D eigenvalue weighted by molar-refractivity contribution is 5.50. The Hall–Kier alpha value is -1.40. The van der Waals surface area contributed by atoms with Crippen molar-refractivity contribution in [2.45, 2.75) is 12.8 Å². The third-order valence-corrected chi connectivity index (χ3v) is 2.31. The van der Waals surface area contributed by atoms with E-state index in [0.29, 0.717) is 12.0 Å². The van der Waals surface area contributed by atoms with Crippen molar-refractivity contribution in [1.82, 2.24) is 0 Å². The van der Waals surface area contributed by atoms with Gasteiger partial charge in [0.2, 0.25) is 0 Å². The highest BCUT2D eigenvalue weighted by atomic mass is 19.3. The van der Waals surface area contributed by atoms with Gasteiger partial charge in [0, 0.05) is 0 Å². The van der Waals surface area contributed by atoms with Crippen LogP contribution in [0.1, 0.15) is 17.6 Å². The van der Waals surface area contributed by atoms with E-state index in [0.717, 1.165) is 0 Å². The van der Waals surface area contributed by atoms with Crippen LogP contribution in [-0.2, 0) is 11.3 Å². The van der Waals surface area contributed by atoms with Crippen molar-refractivity contribution in [3.8, 4) is 11.5 Å². The van der Waals surface area contributed by atoms with E-state index in [1.165, 1.54) is 20.3 Å². The molecule has 1 aromatic rings. The minimum atomic E-state index is -2.63. The summed E-state index contributed by atoms with van der Waals surface area (Å²) >= 11 is 0. The maximum absolute atomic E-state index is 12.8. The first kappa shape index (κ1) is 13.7. The summed E-state index contributed by atoms with van der Waals surface area (Å²) < 4.78 is 35.6. The Kier molecular flexibility index (Phi) is 5.11. The van der Waals surface area contributed by atoms with Crippen molar-refractivity contribution in [3.63, 3.8) is 0 Å². The molecule has 0 amide bonds. The second-order valence-corrected chi connectivity index (χ2v) is 3.34. The van der Waals surface area contributed by atoms with Crippen LogP contribution >= 0.6 is 0 Å². The summed E-state index contributed by atoms with van der Waals surface area (Å²) in [5, 5.41) is 0. The van der Waals surface area contributed by atoms with Gasteiger partial charge in [-0.1, -0.05) is 0 Å². The average molecular weight is 247 g/mol. The second kappa shape index (κ2) is 6.36. The highest BCUT2D eigenvalue weighted by Gasteiger charge is 2.19. The minimum Gasteiger partial charge on any atom is -0.493 e. The lowest BCUT2D eigenvalue weighted by Crippen LogP contribution is -2.05. The summed E-state index contributed by atoms with van der Waals surface area (Å²) in [7, 11) is 2.72. The normalized spacial score (nSPS) is 10.7. The van der Waals surface area contributed by atoms with E-state index in [2.05, 4.69) is 4.84 Å². The van der Waals surface area contributed by atoms with Crippen molar-refractivity contribution in [3.05, 3.63) is 23.3 Å². The van der Waals surface area contributed by atoms with E-state index in [9.17, 15) is 8.78 Å². The van der Waals surface area contributed by atoms with Gasteiger partial charge in [-0.15, -0.1) is 0 Å². The molecule has 4 nitrogen and oxygen atoms in total. The molecule has 0 saturated heterocycles. The van der Waals surface area contributed by atoms with Crippen molar-refractivity contribution < 1.29 is 23.1 Å². The summed E-state index contributed by atoms with van der Waals surface area (Å²) in [5.41, 5.74) is 0.460. The number of alkyl halides is 2. The molecule has 6 heteroatoms. The van der Waals surface area contributed by atoms with Crippen LogP contribution in [0.5, 0.6) is 11.5 Å². The Balaban J connectivity index is 3.15. The molecule has 0 radical (unpaired) electrons. The molecule has 0 aliphatic heterocycles. The molecular formula is C11H15F2NO3. The molecule has 17 heavy (non-hydrogen) atoms. The minimum absolute atomic E-state index is 0.0555. The topological polar surface area (TPSA) is 53.7 Å². The number of hydrogen-bond donors (Lipinski definition) is 1. The predicted molar refractivity (Wildman–Crippen MR) is 58.3 cm³/mol. The monoisotopic (exact) mass is 247 g/mol. The fourth-order valence-electron chi connectivity index (χ4n) is 1.54. The molecule has 1 aromatic carbocycles. The van der Waals surface area contributed by atoms with Crippen LogP contribution in [0.4, 0.5) is 8.78 Å². The Morgan fingerprint density at radius 2 is 1.94 bits per heavy atom. The number of halogens is 2. The van der Waals surface area contributed by atoms with Gasteiger partial charge in [-0.3, -0.25) is 0 Å². The maximum Gasteiger partial charge on any atom is 0.267 e. The van der Waals surface area contributed by atoms with Gasteiger partial charge in [0.1, 0.15) is 0 Å². The van der Waals surface area contributed by atoms with Gasteiger partial charge in [-0.2, -0.15) is 0 Å². The Bertz CT molecular complexity index is 372. The van der Waals surface area contributed by atoms with Crippen LogP contribution in [0.2, 0.25) is 0 Å². The molecule has 0 heterocycles. The smallest absolute Gasteiger partial charge is 0.267 e. The first-order valence-electron chi connectivity index (χ1n) is 4.98. The molecule has 0 unspecified atom stereocenters. The maximum atomic E-state index is 12.8. The standard InChI is InChI=1S/C11H15F2NO3/c1-15-9-6-7(3-4-17-14)5-8(11(12)13)10(9)16-2/h5-6,11H,3-4,14H2,1-2H3. The van der Waals surface area contributed by atoms with Gasteiger partial charge in [0.25, 0.3) is 6.43 Å². The average Bonchev–Trinajstić information content (AvgIpc) is 2.34. The fourth-order valence-corrected chi connectivity index (χ4v) is 1.54. The van der Waals surface area contributed by atoms with E-state index in [1.807, 2.05) is 0 Å². The molecule has 1 rings (SSSR count). The Labute approximate surface area is 98.2 Å². The highest BCUT2D eigenvalue weighted by Crippen LogP contribution is 2.38. The van der Waals surface area contributed by atoms with Crippen LogP contribution in [0.3, 0.4) is 0 Å². The van der Waals surface area contributed by atoms with Crippen LogP contribution in [0, 0.1) is 0 Å². The largest absolute Gasteiger partial charge is 0.493 e. The molecule has 0 spiro atoms. The van der Waals surface area contributed by atoms with E-state index in [-0.39, 0.29) is 23.7 Å². The van der Waals surface area contributed by atoms with Crippen LogP contribution in [-0.4, -0.2) is 20.8 Å². The summed E-state index contributed by atoms with van der Waals surface area (Å²) in [6, 6.07) is 2.99. The number of nitrogens with two attached hydrogens (primary N) is 1. The summed E-state index contributed by atoms with van der Waals surface area (Å²) in [4.78, 5) is 4.42. The van der Waals surface area contributed by atoms with Crippen molar-refractivity contribution >= 4 is 0 Å². The molecule has 0 atom stereocenters. The first-order chi connectivity index (χ1) is 8.13. The first-order valence-corrected chi connectivity index (χ1v) is 4.98. The fraction of sp³-hybridized carbons (Fsp3) is 0.455. The van der Waals surface area contributed by atoms with E-state index in [4.69, 9.17) is 15.4 Å². The molecule has 0 aromatic heterocycles. The van der Waals surface area contributed by atoms with Gasteiger partial charge in [-0.05, 0) is 24.1 Å². The zero-order valence-corrected chi connectivity index (χ0v) is 9.70. The molecule has 0 aliphatic carbocycles. The third kappa shape index (κ3) is 3.28. The van der Waals surface area contributed by atoms with Crippen molar-refractivity contribution in [1.29, 1.82) is 0 Å². The lowest BCUT2D eigenvalue weighted by atomic mass is 10.1. The van der Waals surface area contributed by atoms with E-state index < -0.39 is 6.43 Å². The number of benzene rings is 1. The lowest BCUT2D eigenvalue weighted by Gasteiger charge is -2.14. The molecule has 0 fully saturated rings. The zero-order chi connectivity index (χ0) is 12.8. The zero-order valence-electron chi connectivity index (χ0n) is 9.70.